The van der Waals surface area contributed by atoms with E-state index in [4.69, 9.17) is 9.57 Å². The minimum absolute atomic E-state index is 0.296. The first-order valence-electron chi connectivity index (χ1n) is 11.4. The minimum Gasteiger partial charge on any atom is -0.489 e. The number of tetrazole rings is 1. The van der Waals surface area contributed by atoms with Crippen LogP contribution in [0, 0.1) is 19.8 Å². The summed E-state index contributed by atoms with van der Waals surface area (Å²) in [6.45, 7) is 4.35. The van der Waals surface area contributed by atoms with Crippen molar-refractivity contribution in [2.75, 3.05) is 7.11 Å². The van der Waals surface area contributed by atoms with Crippen LogP contribution < -0.4 is 10.4 Å². The number of rotatable bonds is 7. The van der Waals surface area contributed by atoms with Crippen molar-refractivity contribution in [3.63, 3.8) is 0 Å². The summed E-state index contributed by atoms with van der Waals surface area (Å²) in [6, 6.07) is 11.9. The van der Waals surface area contributed by atoms with E-state index in [1.54, 1.807) is 14.2 Å². The predicted octanol–water partition coefficient (Wildman–Crippen LogP) is 4.09. The summed E-state index contributed by atoms with van der Waals surface area (Å²) in [6.07, 6.45) is 6.07. The van der Waals surface area contributed by atoms with E-state index in [1.165, 1.54) is 28.6 Å². The third kappa shape index (κ3) is 4.84. The first kappa shape index (κ1) is 22.8. The van der Waals surface area contributed by atoms with E-state index in [0.717, 1.165) is 46.6 Å². The Morgan fingerprint density at radius 2 is 1.88 bits per heavy atom. The third-order valence-corrected chi connectivity index (χ3v) is 6.36. The van der Waals surface area contributed by atoms with E-state index in [-0.39, 0.29) is 5.69 Å². The molecule has 3 aromatic rings. The predicted molar refractivity (Wildman–Crippen MR) is 127 cm³/mol. The zero-order chi connectivity index (χ0) is 23.4. The molecule has 0 aliphatic heterocycles. The first-order chi connectivity index (χ1) is 16.0. The maximum atomic E-state index is 12.4. The number of oxime groups is 1. The van der Waals surface area contributed by atoms with Crippen molar-refractivity contribution in [1.29, 1.82) is 0 Å². The van der Waals surface area contributed by atoms with E-state index >= 15 is 0 Å². The topological polar surface area (TPSA) is 83.5 Å². The van der Waals surface area contributed by atoms with Crippen molar-refractivity contribution in [1.82, 2.24) is 19.8 Å². The second-order valence-corrected chi connectivity index (χ2v) is 8.63. The molecule has 4 rings (SSSR count). The second kappa shape index (κ2) is 10.0. The molecule has 1 aliphatic rings. The van der Waals surface area contributed by atoms with Crippen molar-refractivity contribution in [2.45, 2.75) is 52.6 Å². The number of nitrogens with zero attached hydrogens (tertiary/aromatic N) is 5. The SMILES string of the molecule is CON=C(c1ccc(OCc2c(C)cccc2-n2nnn(C)c2=O)c(C)c1)C1CCCCC1. The Labute approximate surface area is 193 Å². The standard InChI is InChI=1S/C25H31N5O3/c1-17-9-8-12-22(30-25(31)29(3)27-28-30)21(17)16-33-23-14-13-20(15-18(23)2)24(26-32-4)19-10-6-5-7-11-19/h8-9,12-15,19H,5-7,10-11,16H2,1-4H3. The number of benzene rings is 2. The van der Waals surface area contributed by atoms with Gasteiger partial charge in [0.2, 0.25) is 0 Å². The van der Waals surface area contributed by atoms with Crippen LogP contribution in [-0.4, -0.2) is 32.6 Å². The molecule has 174 valence electrons. The molecule has 1 aromatic heterocycles. The fourth-order valence-electron chi connectivity index (χ4n) is 4.50. The fraction of sp³-hybridized carbons (Fsp3) is 0.440. The van der Waals surface area contributed by atoms with Crippen LogP contribution in [0.15, 0.2) is 46.3 Å². The molecule has 8 heteroatoms. The molecule has 1 heterocycles. The van der Waals surface area contributed by atoms with Gasteiger partial charge in [0.25, 0.3) is 0 Å². The summed E-state index contributed by atoms with van der Waals surface area (Å²) in [7, 11) is 3.19. The number of ether oxygens (including phenoxy) is 1. The summed E-state index contributed by atoms with van der Waals surface area (Å²) < 4.78 is 8.73. The lowest BCUT2D eigenvalue weighted by Gasteiger charge is -2.23. The molecule has 0 bridgehead atoms. The molecule has 0 saturated heterocycles. The maximum absolute atomic E-state index is 12.4. The Balaban J connectivity index is 1.57. The van der Waals surface area contributed by atoms with Gasteiger partial charge in [-0.3, -0.25) is 0 Å². The van der Waals surface area contributed by atoms with Gasteiger partial charge in [0.15, 0.2) is 0 Å². The lowest BCUT2D eigenvalue weighted by molar-refractivity contribution is 0.210. The van der Waals surface area contributed by atoms with E-state index in [0.29, 0.717) is 18.2 Å². The lowest BCUT2D eigenvalue weighted by atomic mass is 9.83. The summed E-state index contributed by atoms with van der Waals surface area (Å²) >= 11 is 0. The number of hydrogen-bond acceptors (Lipinski definition) is 6. The minimum atomic E-state index is -0.296. The van der Waals surface area contributed by atoms with Gasteiger partial charge in [-0.05, 0) is 72.5 Å². The van der Waals surface area contributed by atoms with Crippen LogP contribution in [0.3, 0.4) is 0 Å². The Bertz CT molecular complexity index is 1200. The van der Waals surface area contributed by atoms with Crippen molar-refractivity contribution >= 4 is 5.71 Å². The van der Waals surface area contributed by atoms with Gasteiger partial charge in [-0.2, -0.15) is 9.36 Å². The highest BCUT2D eigenvalue weighted by Crippen LogP contribution is 2.30. The van der Waals surface area contributed by atoms with Crippen LogP contribution >= 0.6 is 0 Å². The monoisotopic (exact) mass is 449 g/mol. The van der Waals surface area contributed by atoms with Crippen LogP contribution in [0.1, 0.15) is 54.4 Å². The Hall–Kier alpha value is -3.42. The second-order valence-electron chi connectivity index (χ2n) is 8.63. The number of aromatic nitrogens is 4. The highest BCUT2D eigenvalue weighted by atomic mass is 16.6. The molecule has 0 atom stereocenters. The van der Waals surface area contributed by atoms with Gasteiger partial charge in [0, 0.05) is 24.1 Å². The number of hydrogen-bond donors (Lipinski definition) is 0. The molecular formula is C25H31N5O3. The summed E-state index contributed by atoms with van der Waals surface area (Å²) in [5, 5.41) is 12.2. The van der Waals surface area contributed by atoms with Gasteiger partial charge in [-0.1, -0.05) is 36.6 Å². The van der Waals surface area contributed by atoms with E-state index in [2.05, 4.69) is 27.7 Å². The molecule has 0 radical (unpaired) electrons. The van der Waals surface area contributed by atoms with Crippen molar-refractivity contribution in [3.05, 3.63) is 69.1 Å². The summed E-state index contributed by atoms with van der Waals surface area (Å²) in [5.74, 6) is 1.23. The maximum Gasteiger partial charge on any atom is 0.368 e. The highest BCUT2D eigenvalue weighted by Gasteiger charge is 2.22. The smallest absolute Gasteiger partial charge is 0.368 e. The van der Waals surface area contributed by atoms with Gasteiger partial charge in [0.1, 0.15) is 19.5 Å². The molecule has 1 fully saturated rings. The zero-order valence-corrected chi connectivity index (χ0v) is 19.7. The van der Waals surface area contributed by atoms with Gasteiger partial charge >= 0.3 is 5.69 Å². The molecule has 0 unspecified atom stereocenters. The first-order valence-corrected chi connectivity index (χ1v) is 11.4. The van der Waals surface area contributed by atoms with Crippen LogP contribution in [0.2, 0.25) is 0 Å². The van der Waals surface area contributed by atoms with Crippen molar-refractivity contribution in [2.24, 2.45) is 18.1 Å². The molecule has 0 spiro atoms. The lowest BCUT2D eigenvalue weighted by Crippen LogP contribution is -2.23. The van der Waals surface area contributed by atoms with Crippen LogP contribution in [0.25, 0.3) is 5.69 Å². The molecule has 1 saturated carbocycles. The Kier molecular flexibility index (Phi) is 6.91. The van der Waals surface area contributed by atoms with Crippen LogP contribution in [0.4, 0.5) is 0 Å². The third-order valence-electron chi connectivity index (χ3n) is 6.36. The summed E-state index contributed by atoms with van der Waals surface area (Å²) in [5.41, 5.74) is 5.42. The average molecular weight is 450 g/mol. The summed E-state index contributed by atoms with van der Waals surface area (Å²) in [4.78, 5) is 17.6. The fourth-order valence-corrected chi connectivity index (χ4v) is 4.50. The Morgan fingerprint density at radius 3 is 2.55 bits per heavy atom. The van der Waals surface area contributed by atoms with E-state index in [1.807, 2.05) is 38.1 Å². The average Bonchev–Trinajstić information content (AvgIpc) is 3.16. The van der Waals surface area contributed by atoms with Crippen molar-refractivity contribution < 1.29 is 9.57 Å². The largest absolute Gasteiger partial charge is 0.489 e. The van der Waals surface area contributed by atoms with Gasteiger partial charge in [-0.25, -0.2) is 4.79 Å². The molecule has 1 aliphatic carbocycles. The van der Waals surface area contributed by atoms with Crippen LogP contribution in [0.5, 0.6) is 5.75 Å². The van der Waals surface area contributed by atoms with E-state index in [9.17, 15) is 4.79 Å². The van der Waals surface area contributed by atoms with Gasteiger partial charge < -0.3 is 9.57 Å². The molecule has 8 nitrogen and oxygen atoms in total. The Morgan fingerprint density at radius 1 is 1.09 bits per heavy atom. The van der Waals surface area contributed by atoms with Gasteiger partial charge in [-0.15, -0.1) is 0 Å². The molecule has 33 heavy (non-hydrogen) atoms. The molecule has 2 aromatic carbocycles. The molecule has 0 N–H and O–H groups in total. The molecular weight excluding hydrogens is 418 g/mol. The zero-order valence-electron chi connectivity index (χ0n) is 19.7. The van der Waals surface area contributed by atoms with Crippen LogP contribution in [-0.2, 0) is 18.5 Å². The molecule has 0 amide bonds. The van der Waals surface area contributed by atoms with Crippen molar-refractivity contribution in [3.8, 4) is 11.4 Å². The number of aryl methyl sites for hydroxylation is 3. The highest BCUT2D eigenvalue weighted by molar-refractivity contribution is 6.02. The van der Waals surface area contributed by atoms with Gasteiger partial charge in [0.05, 0.1) is 11.4 Å². The van der Waals surface area contributed by atoms with E-state index < -0.39 is 0 Å². The normalized spacial score (nSPS) is 15.0. The quantitative estimate of drug-likeness (QED) is 0.401.